The Bertz CT molecular complexity index is 421. The van der Waals surface area contributed by atoms with Gasteiger partial charge in [-0.3, -0.25) is 0 Å². The van der Waals surface area contributed by atoms with Crippen LogP contribution in [0.1, 0.15) is 22.3 Å². The molecule has 0 saturated heterocycles. The van der Waals surface area contributed by atoms with E-state index in [4.69, 9.17) is 0 Å². The Balaban J connectivity index is 2.50. The second-order valence-electron chi connectivity index (χ2n) is 4.18. The van der Waals surface area contributed by atoms with E-state index in [1.807, 2.05) is 11.8 Å². The van der Waals surface area contributed by atoms with Gasteiger partial charge in [-0.1, -0.05) is 12.1 Å². The van der Waals surface area contributed by atoms with Crippen LogP contribution in [0.5, 0.6) is 0 Å². The topological polar surface area (TPSA) is 3.24 Å². The van der Waals surface area contributed by atoms with Gasteiger partial charge >= 0.3 is 0 Å². The summed E-state index contributed by atoms with van der Waals surface area (Å²) in [4.78, 5) is 2.31. The molecule has 1 aromatic rings. The van der Waals surface area contributed by atoms with Gasteiger partial charge in [-0.2, -0.15) is 0 Å². The number of aryl methyl sites for hydroxylation is 1. The maximum Gasteiger partial charge on any atom is 0.0677 e. The number of rotatable bonds is 1. The molecule has 15 heavy (non-hydrogen) atoms. The molecule has 1 aromatic carbocycles. The zero-order chi connectivity index (χ0) is 11.0. The van der Waals surface area contributed by atoms with Crippen LogP contribution >= 0.6 is 11.8 Å². The van der Waals surface area contributed by atoms with E-state index in [9.17, 15) is 0 Å². The van der Waals surface area contributed by atoms with Crippen molar-refractivity contribution in [2.45, 2.75) is 20.8 Å². The van der Waals surface area contributed by atoms with E-state index in [-0.39, 0.29) is 0 Å². The number of hydrogen-bond acceptors (Lipinski definition) is 2. The van der Waals surface area contributed by atoms with Crippen LogP contribution in [0.2, 0.25) is 0 Å². The minimum absolute atomic E-state index is 1.07. The Hall–Kier alpha value is -0.890. The largest absolute Gasteiger partial charge is 0.364 e. The maximum atomic E-state index is 2.31. The molecule has 0 N–H and O–H groups in total. The molecule has 0 atom stereocenters. The average Bonchev–Trinajstić information content (AvgIpc) is 2.62. The van der Waals surface area contributed by atoms with Gasteiger partial charge in [0.25, 0.3) is 0 Å². The van der Waals surface area contributed by atoms with Crippen molar-refractivity contribution in [3.05, 3.63) is 39.8 Å². The molecule has 0 saturated carbocycles. The third-order valence-electron chi connectivity index (χ3n) is 3.21. The summed E-state index contributed by atoms with van der Waals surface area (Å²) in [7, 11) is 2.15. The Morgan fingerprint density at radius 1 is 1.13 bits per heavy atom. The average molecular weight is 219 g/mol. The molecule has 1 aliphatic rings. The molecule has 1 heterocycles. The van der Waals surface area contributed by atoms with Gasteiger partial charge in [0.1, 0.15) is 0 Å². The molecule has 1 aliphatic heterocycles. The first kappa shape index (κ1) is 10.6. The number of benzene rings is 1. The number of nitrogens with zero attached hydrogens (tertiary/aromatic N) is 1. The molecule has 0 radical (unpaired) electrons. The number of hydrogen-bond donors (Lipinski definition) is 0. The van der Waals surface area contributed by atoms with Crippen molar-refractivity contribution in [3.8, 4) is 0 Å². The van der Waals surface area contributed by atoms with Crippen LogP contribution in [-0.2, 0) is 0 Å². The van der Waals surface area contributed by atoms with Crippen molar-refractivity contribution in [3.63, 3.8) is 0 Å². The molecule has 2 heteroatoms. The standard InChI is InChI=1S/C13H17NS/c1-9-5-6-12(11(3)10(9)2)13-7-15-8-14(13)4/h5-7H,8H2,1-4H3. The molecule has 80 valence electrons. The van der Waals surface area contributed by atoms with Crippen LogP contribution < -0.4 is 0 Å². The van der Waals surface area contributed by atoms with Crippen LogP contribution in [-0.4, -0.2) is 17.8 Å². The van der Waals surface area contributed by atoms with E-state index < -0.39 is 0 Å². The fourth-order valence-corrected chi connectivity index (χ4v) is 2.79. The lowest BCUT2D eigenvalue weighted by Crippen LogP contribution is -2.12. The van der Waals surface area contributed by atoms with Crippen LogP contribution in [0.3, 0.4) is 0 Å². The molecule has 0 unspecified atom stereocenters. The van der Waals surface area contributed by atoms with Gasteiger partial charge in [-0.05, 0) is 42.9 Å². The van der Waals surface area contributed by atoms with Gasteiger partial charge in [-0.15, -0.1) is 11.8 Å². The highest BCUT2D eigenvalue weighted by Crippen LogP contribution is 2.32. The van der Waals surface area contributed by atoms with Crippen molar-refractivity contribution < 1.29 is 0 Å². The van der Waals surface area contributed by atoms with Crippen molar-refractivity contribution in [2.24, 2.45) is 0 Å². The first-order valence-corrected chi connectivity index (χ1v) is 6.26. The van der Waals surface area contributed by atoms with E-state index in [0.29, 0.717) is 0 Å². The monoisotopic (exact) mass is 219 g/mol. The van der Waals surface area contributed by atoms with Crippen LogP contribution in [0.4, 0.5) is 0 Å². The summed E-state index contributed by atoms with van der Waals surface area (Å²) in [6, 6.07) is 4.46. The summed E-state index contributed by atoms with van der Waals surface area (Å²) in [5, 5.41) is 2.26. The smallest absolute Gasteiger partial charge is 0.0677 e. The van der Waals surface area contributed by atoms with E-state index in [1.54, 1.807) is 0 Å². The van der Waals surface area contributed by atoms with Gasteiger partial charge in [0.2, 0.25) is 0 Å². The Kier molecular flexibility index (Phi) is 2.79. The summed E-state index contributed by atoms with van der Waals surface area (Å²) in [5.41, 5.74) is 6.95. The maximum absolute atomic E-state index is 2.31. The van der Waals surface area contributed by atoms with Gasteiger partial charge in [-0.25, -0.2) is 0 Å². The van der Waals surface area contributed by atoms with E-state index in [2.05, 4.69) is 50.3 Å². The molecule has 0 bridgehead atoms. The lowest BCUT2D eigenvalue weighted by atomic mass is 9.97. The predicted molar refractivity (Wildman–Crippen MR) is 68.9 cm³/mol. The number of thioether (sulfide) groups is 1. The second-order valence-corrected chi connectivity index (χ2v) is 5.00. The lowest BCUT2D eigenvalue weighted by molar-refractivity contribution is 0.578. The summed E-state index contributed by atoms with van der Waals surface area (Å²) >= 11 is 1.87. The minimum atomic E-state index is 1.07. The normalized spacial score (nSPS) is 15.7. The zero-order valence-corrected chi connectivity index (χ0v) is 10.6. The Morgan fingerprint density at radius 2 is 1.87 bits per heavy atom. The van der Waals surface area contributed by atoms with E-state index in [0.717, 1.165) is 5.88 Å². The molecular weight excluding hydrogens is 202 g/mol. The third kappa shape index (κ3) is 1.78. The van der Waals surface area contributed by atoms with Crippen LogP contribution in [0.25, 0.3) is 5.70 Å². The first-order chi connectivity index (χ1) is 7.11. The summed E-state index contributed by atoms with van der Waals surface area (Å²) < 4.78 is 0. The summed E-state index contributed by atoms with van der Waals surface area (Å²) in [6.07, 6.45) is 0. The molecular formula is C13H17NS. The molecule has 1 nitrogen and oxygen atoms in total. The fourth-order valence-electron chi connectivity index (χ4n) is 1.89. The Labute approximate surface area is 96.2 Å². The highest BCUT2D eigenvalue weighted by Gasteiger charge is 2.15. The Morgan fingerprint density at radius 3 is 2.47 bits per heavy atom. The van der Waals surface area contributed by atoms with Gasteiger partial charge in [0.05, 0.1) is 11.6 Å². The SMILES string of the molecule is Cc1ccc(C2=CSCN2C)c(C)c1C. The highest BCUT2D eigenvalue weighted by molar-refractivity contribution is 8.02. The zero-order valence-electron chi connectivity index (χ0n) is 9.79. The van der Waals surface area contributed by atoms with Crippen LogP contribution in [0, 0.1) is 20.8 Å². The quantitative estimate of drug-likeness (QED) is 0.710. The lowest BCUT2D eigenvalue weighted by Gasteiger charge is -2.19. The van der Waals surface area contributed by atoms with Crippen molar-refractivity contribution >= 4 is 17.5 Å². The predicted octanol–water partition coefficient (Wildman–Crippen LogP) is 3.55. The molecule has 2 rings (SSSR count). The van der Waals surface area contributed by atoms with Gasteiger partial charge in [0.15, 0.2) is 0 Å². The van der Waals surface area contributed by atoms with E-state index in [1.165, 1.54) is 28.0 Å². The fraction of sp³-hybridized carbons (Fsp3) is 0.385. The molecule has 0 fully saturated rings. The van der Waals surface area contributed by atoms with Gasteiger partial charge in [0, 0.05) is 12.6 Å². The molecule has 0 aliphatic carbocycles. The second kappa shape index (κ2) is 3.93. The van der Waals surface area contributed by atoms with Gasteiger partial charge < -0.3 is 4.90 Å². The first-order valence-electron chi connectivity index (χ1n) is 5.21. The van der Waals surface area contributed by atoms with Crippen molar-refractivity contribution in [1.82, 2.24) is 4.90 Å². The summed E-state index contributed by atoms with van der Waals surface area (Å²) in [6.45, 7) is 6.60. The van der Waals surface area contributed by atoms with E-state index >= 15 is 0 Å². The molecule has 0 aromatic heterocycles. The summed E-state index contributed by atoms with van der Waals surface area (Å²) in [5.74, 6) is 1.07. The molecule has 0 amide bonds. The molecule has 0 spiro atoms. The van der Waals surface area contributed by atoms with Crippen LogP contribution in [0.15, 0.2) is 17.5 Å². The van der Waals surface area contributed by atoms with Crippen molar-refractivity contribution in [1.29, 1.82) is 0 Å². The highest BCUT2D eigenvalue weighted by atomic mass is 32.2. The third-order valence-corrected chi connectivity index (χ3v) is 4.13. The van der Waals surface area contributed by atoms with Crippen molar-refractivity contribution in [2.75, 3.05) is 12.9 Å². The minimum Gasteiger partial charge on any atom is -0.364 e.